The summed E-state index contributed by atoms with van der Waals surface area (Å²) in [5.74, 6) is 1.83. The molecule has 0 bridgehead atoms. The lowest BCUT2D eigenvalue weighted by Gasteiger charge is -2.12. The molecule has 0 fully saturated rings. The number of nitrogens with zero attached hydrogens (tertiary/aromatic N) is 3. The van der Waals surface area contributed by atoms with E-state index in [4.69, 9.17) is 23.8 Å². The zero-order valence-corrected chi connectivity index (χ0v) is 25.6. The highest BCUT2D eigenvalue weighted by atomic mass is 16.3. The lowest BCUT2D eigenvalue weighted by Crippen LogP contribution is -2.00. The topological polar surface area (TPSA) is 65.0 Å². The second-order valence-corrected chi connectivity index (χ2v) is 11.9. The molecule has 3 aromatic heterocycles. The van der Waals surface area contributed by atoms with Crippen molar-refractivity contribution in [3.8, 4) is 45.3 Å². The average Bonchev–Trinajstić information content (AvgIpc) is 3.74. The number of hydrogen-bond acceptors (Lipinski definition) is 5. The first-order chi connectivity index (χ1) is 23.8. The van der Waals surface area contributed by atoms with E-state index in [1.165, 1.54) is 0 Å². The third-order valence-corrected chi connectivity index (χ3v) is 9.14. The number of hydrogen-bond donors (Lipinski definition) is 0. The van der Waals surface area contributed by atoms with Gasteiger partial charge in [0.15, 0.2) is 17.5 Å². The van der Waals surface area contributed by atoms with Crippen LogP contribution < -0.4 is 0 Å². The summed E-state index contributed by atoms with van der Waals surface area (Å²) in [5.41, 5.74) is 8.16. The molecule has 7 aromatic carbocycles. The van der Waals surface area contributed by atoms with Gasteiger partial charge in [0.1, 0.15) is 22.3 Å². The summed E-state index contributed by atoms with van der Waals surface area (Å²) in [4.78, 5) is 15.1. The fourth-order valence-corrected chi connectivity index (χ4v) is 6.93. The van der Waals surface area contributed by atoms with Crippen LogP contribution in [0.4, 0.5) is 0 Å². The molecule has 0 radical (unpaired) electrons. The van der Waals surface area contributed by atoms with Crippen LogP contribution in [0.15, 0.2) is 160 Å². The Bertz CT molecular complexity index is 2780. The fraction of sp³-hybridized carbons (Fsp3) is 0. The van der Waals surface area contributed by atoms with Gasteiger partial charge in [-0.25, -0.2) is 15.0 Å². The Balaban J connectivity index is 1.29. The van der Waals surface area contributed by atoms with E-state index in [-0.39, 0.29) is 0 Å². The molecule has 0 N–H and O–H groups in total. The maximum Gasteiger partial charge on any atom is 0.164 e. The summed E-state index contributed by atoms with van der Waals surface area (Å²) < 4.78 is 13.2. The van der Waals surface area contributed by atoms with Gasteiger partial charge >= 0.3 is 0 Å². The van der Waals surface area contributed by atoms with E-state index in [9.17, 15) is 0 Å². The maximum atomic E-state index is 6.77. The predicted octanol–water partition coefficient (Wildman–Crippen LogP) is 11.5. The first-order valence-electron chi connectivity index (χ1n) is 15.9. The molecule has 0 aliphatic rings. The van der Waals surface area contributed by atoms with Gasteiger partial charge < -0.3 is 8.83 Å². The van der Waals surface area contributed by atoms with Gasteiger partial charge in [0.05, 0.1) is 0 Å². The van der Waals surface area contributed by atoms with Gasteiger partial charge in [-0.3, -0.25) is 0 Å². The normalized spacial score (nSPS) is 11.8. The van der Waals surface area contributed by atoms with Crippen molar-refractivity contribution in [2.24, 2.45) is 0 Å². The number of rotatable bonds is 4. The summed E-state index contributed by atoms with van der Waals surface area (Å²) in [7, 11) is 0. The molecule has 0 amide bonds. The summed E-state index contributed by atoms with van der Waals surface area (Å²) in [5, 5.41) is 6.29. The molecule has 5 nitrogen and oxygen atoms in total. The third kappa shape index (κ3) is 4.08. The van der Waals surface area contributed by atoms with E-state index in [2.05, 4.69) is 60.7 Å². The monoisotopic (exact) mass is 615 g/mol. The van der Waals surface area contributed by atoms with Crippen LogP contribution in [-0.2, 0) is 0 Å². The number of benzene rings is 7. The maximum absolute atomic E-state index is 6.77. The van der Waals surface area contributed by atoms with Crippen molar-refractivity contribution in [2.75, 3.05) is 0 Å². The van der Waals surface area contributed by atoms with Crippen molar-refractivity contribution in [3.05, 3.63) is 152 Å². The van der Waals surface area contributed by atoms with Crippen molar-refractivity contribution in [1.29, 1.82) is 0 Å². The Hall–Kier alpha value is -6.59. The molecule has 0 aliphatic carbocycles. The van der Waals surface area contributed by atoms with Crippen molar-refractivity contribution in [1.82, 2.24) is 15.0 Å². The molecular formula is C43H25N3O2. The first-order valence-corrected chi connectivity index (χ1v) is 15.9. The highest BCUT2D eigenvalue weighted by molar-refractivity contribution is 6.22. The number of fused-ring (bicyclic) bond motifs is 8. The van der Waals surface area contributed by atoms with Gasteiger partial charge in [0.25, 0.3) is 0 Å². The van der Waals surface area contributed by atoms with E-state index in [1.807, 2.05) is 91.0 Å². The quantitative estimate of drug-likeness (QED) is 0.197. The van der Waals surface area contributed by atoms with Crippen LogP contribution in [0.25, 0.3) is 99.9 Å². The highest BCUT2D eigenvalue weighted by Crippen LogP contribution is 2.45. The minimum atomic E-state index is 0.590. The minimum Gasteiger partial charge on any atom is -0.455 e. The van der Waals surface area contributed by atoms with Gasteiger partial charge in [-0.2, -0.15) is 0 Å². The zero-order valence-electron chi connectivity index (χ0n) is 25.6. The fourth-order valence-electron chi connectivity index (χ4n) is 6.93. The zero-order chi connectivity index (χ0) is 31.6. The second-order valence-electron chi connectivity index (χ2n) is 11.9. The van der Waals surface area contributed by atoms with E-state index in [0.29, 0.717) is 17.5 Å². The van der Waals surface area contributed by atoms with Gasteiger partial charge in [0.2, 0.25) is 0 Å². The molecule has 0 saturated carbocycles. The molecule has 0 saturated heterocycles. The van der Waals surface area contributed by atoms with Crippen LogP contribution in [0, 0.1) is 0 Å². The van der Waals surface area contributed by atoms with Gasteiger partial charge in [-0.05, 0) is 41.3 Å². The van der Waals surface area contributed by atoms with Crippen LogP contribution in [0.1, 0.15) is 0 Å². The molecular weight excluding hydrogens is 590 g/mol. The third-order valence-electron chi connectivity index (χ3n) is 9.14. The van der Waals surface area contributed by atoms with E-state index in [0.717, 1.165) is 82.5 Å². The largest absolute Gasteiger partial charge is 0.455 e. The molecule has 0 unspecified atom stereocenters. The van der Waals surface area contributed by atoms with Crippen molar-refractivity contribution < 1.29 is 8.83 Å². The minimum absolute atomic E-state index is 0.590. The van der Waals surface area contributed by atoms with E-state index >= 15 is 0 Å². The Labute approximate surface area is 274 Å². The van der Waals surface area contributed by atoms with Crippen LogP contribution in [-0.4, -0.2) is 15.0 Å². The van der Waals surface area contributed by atoms with E-state index in [1.54, 1.807) is 0 Å². The van der Waals surface area contributed by atoms with Crippen molar-refractivity contribution in [2.45, 2.75) is 0 Å². The van der Waals surface area contributed by atoms with Crippen LogP contribution in [0.5, 0.6) is 0 Å². The highest BCUT2D eigenvalue weighted by Gasteiger charge is 2.23. The first kappa shape index (κ1) is 26.6. The molecule has 48 heavy (non-hydrogen) atoms. The van der Waals surface area contributed by atoms with Crippen LogP contribution >= 0.6 is 0 Å². The number of aromatic nitrogens is 3. The average molecular weight is 616 g/mol. The Morgan fingerprint density at radius 3 is 1.52 bits per heavy atom. The molecule has 5 heteroatoms. The molecule has 3 heterocycles. The number of furan rings is 2. The molecule has 224 valence electrons. The Morgan fingerprint density at radius 1 is 0.333 bits per heavy atom. The summed E-state index contributed by atoms with van der Waals surface area (Å²) in [6.45, 7) is 0. The standard InChI is InChI=1S/C43H25N3O2/c1-3-13-26(14-4-1)41-44-42(27-15-5-2-6-16-27)46-43(45-41)33-24-23-31(40-38(33)32-20-10-12-22-37(32)48-40)34-25-35-29-18-9-11-21-36(29)47-39(35)30-19-8-7-17-28(30)34/h1-25H. The molecule has 10 aromatic rings. The Morgan fingerprint density at radius 2 is 0.833 bits per heavy atom. The van der Waals surface area contributed by atoms with Crippen molar-refractivity contribution in [3.63, 3.8) is 0 Å². The molecule has 10 rings (SSSR count). The number of para-hydroxylation sites is 2. The SMILES string of the molecule is c1ccc(-c2nc(-c3ccccc3)nc(-c3ccc(-c4cc5c6ccccc6oc5c5ccccc45)c4oc5ccccc5c34)n2)cc1. The predicted molar refractivity (Wildman–Crippen MR) is 194 cm³/mol. The molecule has 0 aliphatic heterocycles. The lowest BCUT2D eigenvalue weighted by molar-refractivity contribution is 0.670. The summed E-state index contributed by atoms with van der Waals surface area (Å²) >= 11 is 0. The smallest absolute Gasteiger partial charge is 0.164 e. The Kier molecular flexibility index (Phi) is 5.81. The molecule has 0 atom stereocenters. The molecule has 0 spiro atoms. The summed E-state index contributed by atoms with van der Waals surface area (Å²) in [6, 6.07) is 51.5. The summed E-state index contributed by atoms with van der Waals surface area (Å²) in [6.07, 6.45) is 0. The van der Waals surface area contributed by atoms with Crippen LogP contribution in [0.2, 0.25) is 0 Å². The lowest BCUT2D eigenvalue weighted by atomic mass is 9.92. The second kappa shape index (κ2) is 10.5. The van der Waals surface area contributed by atoms with Crippen molar-refractivity contribution >= 4 is 54.6 Å². The van der Waals surface area contributed by atoms with Gasteiger partial charge in [0, 0.05) is 49.2 Å². The van der Waals surface area contributed by atoms with Gasteiger partial charge in [-0.15, -0.1) is 0 Å². The van der Waals surface area contributed by atoms with E-state index < -0.39 is 0 Å². The van der Waals surface area contributed by atoms with Crippen LogP contribution in [0.3, 0.4) is 0 Å². The van der Waals surface area contributed by atoms with Gasteiger partial charge in [-0.1, -0.05) is 121 Å².